The minimum Gasteiger partial charge on any atom is -0.495 e. The van der Waals surface area contributed by atoms with Crippen molar-refractivity contribution in [3.63, 3.8) is 0 Å². The summed E-state index contributed by atoms with van der Waals surface area (Å²) in [4.78, 5) is 0.129. The van der Waals surface area contributed by atoms with E-state index in [4.69, 9.17) is 4.74 Å². The Hall–Kier alpha value is -1.37. The third kappa shape index (κ3) is 4.37. The Kier molecular flexibility index (Phi) is 6.43. The first kappa shape index (κ1) is 19.0. The number of ether oxygens (including phenoxy) is 1. The van der Waals surface area contributed by atoms with Gasteiger partial charge in [-0.1, -0.05) is 48.0 Å². The second-order valence-electron chi connectivity index (χ2n) is 5.43. The summed E-state index contributed by atoms with van der Waals surface area (Å²) in [7, 11) is -2.21. The Bertz CT molecular complexity index is 819. The largest absolute Gasteiger partial charge is 0.495 e. The first-order valence-corrected chi connectivity index (χ1v) is 10.1. The van der Waals surface area contributed by atoms with Crippen molar-refractivity contribution < 1.29 is 13.2 Å². The standard InChI is InChI=1S/C18H22BrNO3S/c1-4-13-6-7-14(5-2)15(10-13)12-20-24(21,22)18-11-16(19)8-9-17(18)23-3/h6-11,20H,4-5,12H2,1-3H3. The van der Waals surface area contributed by atoms with E-state index in [1.54, 1.807) is 18.2 Å². The Labute approximate surface area is 152 Å². The molecule has 0 atom stereocenters. The molecule has 0 heterocycles. The zero-order chi connectivity index (χ0) is 17.7. The predicted octanol–water partition coefficient (Wildman–Crippen LogP) is 4.06. The molecule has 130 valence electrons. The monoisotopic (exact) mass is 411 g/mol. The number of rotatable bonds is 7. The van der Waals surface area contributed by atoms with Gasteiger partial charge in [0.1, 0.15) is 10.6 Å². The van der Waals surface area contributed by atoms with Crippen LogP contribution in [-0.2, 0) is 29.4 Å². The lowest BCUT2D eigenvalue weighted by atomic mass is 10.0. The van der Waals surface area contributed by atoms with E-state index in [1.165, 1.54) is 12.7 Å². The van der Waals surface area contributed by atoms with Crippen LogP contribution in [0.25, 0.3) is 0 Å². The zero-order valence-electron chi connectivity index (χ0n) is 14.1. The summed E-state index contributed by atoms with van der Waals surface area (Å²) < 4.78 is 33.9. The molecule has 1 N–H and O–H groups in total. The molecule has 4 nitrogen and oxygen atoms in total. The fourth-order valence-electron chi connectivity index (χ4n) is 2.52. The first-order valence-electron chi connectivity index (χ1n) is 7.85. The van der Waals surface area contributed by atoms with Crippen LogP contribution in [0.15, 0.2) is 45.8 Å². The van der Waals surface area contributed by atoms with E-state index in [0.29, 0.717) is 10.2 Å². The maximum Gasteiger partial charge on any atom is 0.244 e. The van der Waals surface area contributed by atoms with Crippen LogP contribution in [0.3, 0.4) is 0 Å². The summed E-state index contributed by atoms with van der Waals surface area (Å²) in [6, 6.07) is 11.2. The quantitative estimate of drug-likeness (QED) is 0.746. The summed E-state index contributed by atoms with van der Waals surface area (Å²) in [6.07, 6.45) is 1.78. The molecular weight excluding hydrogens is 390 g/mol. The van der Waals surface area contributed by atoms with Crippen LogP contribution in [0.4, 0.5) is 0 Å². The number of aryl methyl sites for hydroxylation is 2. The molecule has 2 rings (SSSR count). The van der Waals surface area contributed by atoms with Crippen molar-refractivity contribution in [1.29, 1.82) is 0 Å². The number of halogens is 1. The number of methoxy groups -OCH3 is 1. The number of sulfonamides is 1. The first-order chi connectivity index (χ1) is 11.4. The molecule has 0 aliphatic heterocycles. The van der Waals surface area contributed by atoms with Crippen molar-refractivity contribution in [2.75, 3.05) is 7.11 Å². The maximum atomic E-state index is 12.7. The average Bonchev–Trinajstić information content (AvgIpc) is 2.59. The van der Waals surface area contributed by atoms with Gasteiger partial charge in [0.25, 0.3) is 0 Å². The highest BCUT2D eigenvalue weighted by Gasteiger charge is 2.20. The summed E-state index contributed by atoms with van der Waals surface area (Å²) in [5, 5.41) is 0. The lowest BCUT2D eigenvalue weighted by molar-refractivity contribution is 0.402. The highest BCUT2D eigenvalue weighted by Crippen LogP contribution is 2.27. The molecule has 0 fully saturated rings. The van der Waals surface area contributed by atoms with Gasteiger partial charge in [0.15, 0.2) is 0 Å². The van der Waals surface area contributed by atoms with Gasteiger partial charge in [-0.15, -0.1) is 0 Å². The Morgan fingerprint density at radius 1 is 1.04 bits per heavy atom. The van der Waals surface area contributed by atoms with E-state index < -0.39 is 10.0 Å². The van der Waals surface area contributed by atoms with Gasteiger partial charge in [-0.05, 0) is 47.7 Å². The lowest BCUT2D eigenvalue weighted by Gasteiger charge is -2.14. The molecule has 2 aromatic carbocycles. The molecule has 0 radical (unpaired) electrons. The number of benzene rings is 2. The van der Waals surface area contributed by atoms with E-state index in [0.717, 1.165) is 24.0 Å². The summed E-state index contributed by atoms with van der Waals surface area (Å²) in [6.45, 7) is 4.41. The molecule has 2 aromatic rings. The van der Waals surface area contributed by atoms with Crippen molar-refractivity contribution >= 4 is 26.0 Å². The van der Waals surface area contributed by atoms with Gasteiger partial charge in [-0.2, -0.15) is 0 Å². The Morgan fingerprint density at radius 3 is 2.42 bits per heavy atom. The smallest absolute Gasteiger partial charge is 0.244 e. The highest BCUT2D eigenvalue weighted by atomic mass is 79.9. The van der Waals surface area contributed by atoms with E-state index in [2.05, 4.69) is 52.7 Å². The molecule has 0 aliphatic rings. The minimum atomic E-state index is -3.67. The van der Waals surface area contributed by atoms with E-state index >= 15 is 0 Å². The molecular formula is C18H22BrNO3S. The molecule has 0 bridgehead atoms. The highest BCUT2D eigenvalue weighted by molar-refractivity contribution is 9.10. The topological polar surface area (TPSA) is 55.4 Å². The molecule has 0 aliphatic carbocycles. The van der Waals surface area contributed by atoms with Crippen LogP contribution in [0.1, 0.15) is 30.5 Å². The third-order valence-corrected chi connectivity index (χ3v) is 5.84. The van der Waals surface area contributed by atoms with Gasteiger partial charge < -0.3 is 4.74 Å². The average molecular weight is 412 g/mol. The SMILES string of the molecule is CCc1ccc(CC)c(CNS(=O)(=O)c2cc(Br)ccc2OC)c1. The van der Waals surface area contributed by atoms with E-state index in [-0.39, 0.29) is 11.4 Å². The normalized spacial score (nSPS) is 11.5. The van der Waals surface area contributed by atoms with Gasteiger partial charge >= 0.3 is 0 Å². The summed E-state index contributed by atoms with van der Waals surface area (Å²) >= 11 is 3.31. The van der Waals surface area contributed by atoms with Crippen LogP contribution in [-0.4, -0.2) is 15.5 Å². The fourth-order valence-corrected chi connectivity index (χ4v) is 4.23. The molecule has 0 spiro atoms. The number of hydrogen-bond donors (Lipinski definition) is 1. The van der Waals surface area contributed by atoms with Gasteiger partial charge in [0.2, 0.25) is 10.0 Å². The number of hydrogen-bond acceptors (Lipinski definition) is 3. The fraction of sp³-hybridized carbons (Fsp3) is 0.333. The van der Waals surface area contributed by atoms with Crippen LogP contribution in [0.5, 0.6) is 5.75 Å². The van der Waals surface area contributed by atoms with Crippen molar-refractivity contribution in [1.82, 2.24) is 4.72 Å². The number of nitrogens with one attached hydrogen (secondary N) is 1. The Balaban J connectivity index is 2.30. The second kappa shape index (κ2) is 8.14. The van der Waals surface area contributed by atoms with Gasteiger partial charge in [0.05, 0.1) is 7.11 Å². The molecule has 24 heavy (non-hydrogen) atoms. The van der Waals surface area contributed by atoms with Crippen LogP contribution < -0.4 is 9.46 Å². The molecule has 0 amide bonds. The zero-order valence-corrected chi connectivity index (χ0v) is 16.5. The summed E-state index contributed by atoms with van der Waals surface area (Å²) in [5.41, 5.74) is 3.35. The maximum absolute atomic E-state index is 12.7. The van der Waals surface area contributed by atoms with Crippen LogP contribution >= 0.6 is 15.9 Å². The van der Waals surface area contributed by atoms with Crippen molar-refractivity contribution in [2.45, 2.75) is 38.1 Å². The van der Waals surface area contributed by atoms with Gasteiger partial charge in [0, 0.05) is 11.0 Å². The second-order valence-corrected chi connectivity index (χ2v) is 8.08. The van der Waals surface area contributed by atoms with Crippen molar-refractivity contribution in [3.05, 3.63) is 57.6 Å². The van der Waals surface area contributed by atoms with Crippen molar-refractivity contribution in [2.24, 2.45) is 0 Å². The predicted molar refractivity (Wildman–Crippen MR) is 99.9 cm³/mol. The molecule has 0 saturated carbocycles. The van der Waals surface area contributed by atoms with Gasteiger partial charge in [-0.3, -0.25) is 0 Å². The molecule has 0 saturated heterocycles. The van der Waals surface area contributed by atoms with Crippen molar-refractivity contribution in [3.8, 4) is 5.75 Å². The molecule has 0 aromatic heterocycles. The minimum absolute atomic E-state index is 0.129. The Morgan fingerprint density at radius 2 is 1.79 bits per heavy atom. The van der Waals surface area contributed by atoms with Crippen LogP contribution in [0, 0.1) is 0 Å². The summed E-state index contributed by atoms with van der Waals surface area (Å²) in [5.74, 6) is 0.323. The lowest BCUT2D eigenvalue weighted by Crippen LogP contribution is -2.24. The van der Waals surface area contributed by atoms with Crippen LogP contribution in [0.2, 0.25) is 0 Å². The van der Waals surface area contributed by atoms with Gasteiger partial charge in [-0.25, -0.2) is 13.1 Å². The molecule has 6 heteroatoms. The molecule has 0 unspecified atom stereocenters. The van der Waals surface area contributed by atoms with E-state index in [1.807, 2.05) is 0 Å². The third-order valence-electron chi connectivity index (χ3n) is 3.93. The van der Waals surface area contributed by atoms with E-state index in [9.17, 15) is 8.42 Å².